The second-order valence-electron chi connectivity index (χ2n) is 8.45. The second kappa shape index (κ2) is 10.8. The predicted octanol–water partition coefficient (Wildman–Crippen LogP) is 7.40. The first kappa shape index (κ1) is 24.5. The number of fused-ring (bicyclic) bond motifs is 2. The lowest BCUT2D eigenvalue weighted by molar-refractivity contribution is 0.0527. The van der Waals surface area contributed by atoms with Crippen LogP contribution < -0.4 is 9.80 Å². The molecule has 5 heteroatoms. The van der Waals surface area contributed by atoms with Gasteiger partial charge in [-0.3, -0.25) is 0 Å². The van der Waals surface area contributed by atoms with Crippen molar-refractivity contribution in [2.45, 2.75) is 34.6 Å². The van der Waals surface area contributed by atoms with E-state index < -0.39 is 0 Å². The summed E-state index contributed by atoms with van der Waals surface area (Å²) in [4.78, 5) is 17.5. The third-order valence-corrected chi connectivity index (χ3v) is 6.64. The molecule has 0 atom stereocenters. The van der Waals surface area contributed by atoms with Crippen LogP contribution in [0.2, 0.25) is 0 Å². The monoisotopic (exact) mass is 471 g/mol. The number of hydrogen-bond acceptors (Lipinski definition) is 4. The van der Waals surface area contributed by atoms with Gasteiger partial charge in [0.1, 0.15) is 0 Å². The molecule has 3 aromatic carbocycles. The maximum absolute atomic E-state index is 12.9. The van der Waals surface area contributed by atoms with Gasteiger partial charge in [0.2, 0.25) is 0 Å². The van der Waals surface area contributed by atoms with E-state index in [9.17, 15) is 4.79 Å². The third-order valence-electron chi connectivity index (χ3n) is 6.64. The number of carbonyl (C=O) groups is 1. The van der Waals surface area contributed by atoms with Crippen molar-refractivity contribution in [1.29, 1.82) is 0 Å². The molecule has 5 nitrogen and oxygen atoms in total. The predicted molar refractivity (Wildman–Crippen MR) is 147 cm³/mol. The van der Waals surface area contributed by atoms with Gasteiger partial charge >= 0.3 is 17.1 Å². The average Bonchev–Trinajstić information content (AvgIpc) is 2.88. The normalized spacial score (nSPS) is 11.1. The molecule has 4 rings (SSSR count). The molecule has 182 valence electrons. The van der Waals surface area contributed by atoms with Gasteiger partial charge in [-0.1, -0.05) is 18.2 Å². The van der Waals surface area contributed by atoms with E-state index in [0.717, 1.165) is 70.6 Å². The Morgan fingerprint density at radius 2 is 1.26 bits per heavy atom. The van der Waals surface area contributed by atoms with Gasteiger partial charge in [0.25, 0.3) is 0 Å². The highest BCUT2D eigenvalue weighted by Gasteiger charge is 2.25. The molecular formula is C30H35N2O3+. The van der Waals surface area contributed by atoms with Crippen LogP contribution in [0.25, 0.3) is 33.1 Å². The Morgan fingerprint density at radius 3 is 1.74 bits per heavy atom. The van der Waals surface area contributed by atoms with Gasteiger partial charge in [-0.15, -0.1) is 0 Å². The first-order valence-corrected chi connectivity index (χ1v) is 12.7. The summed E-state index contributed by atoms with van der Waals surface area (Å²) in [6, 6.07) is 20.4. The zero-order valence-corrected chi connectivity index (χ0v) is 21.4. The Hall–Kier alpha value is -3.60. The Labute approximate surface area is 207 Å². The fourth-order valence-corrected chi connectivity index (χ4v) is 4.82. The molecule has 1 heterocycles. The maximum atomic E-state index is 12.9. The summed E-state index contributed by atoms with van der Waals surface area (Å²) in [6.07, 6.45) is 0. The molecule has 0 aliphatic heterocycles. The second-order valence-corrected chi connectivity index (χ2v) is 8.45. The lowest BCUT2D eigenvalue weighted by Gasteiger charge is -2.21. The maximum Gasteiger partial charge on any atom is 0.363 e. The highest BCUT2D eigenvalue weighted by atomic mass is 16.5. The van der Waals surface area contributed by atoms with Crippen LogP contribution in [0.1, 0.15) is 45.0 Å². The number of rotatable bonds is 9. The van der Waals surface area contributed by atoms with Crippen LogP contribution in [0.3, 0.4) is 0 Å². The van der Waals surface area contributed by atoms with Crippen LogP contribution in [0.5, 0.6) is 0 Å². The van der Waals surface area contributed by atoms with E-state index in [4.69, 9.17) is 9.15 Å². The molecule has 0 bridgehead atoms. The van der Waals surface area contributed by atoms with Crippen LogP contribution in [0.4, 0.5) is 11.4 Å². The fourth-order valence-electron chi connectivity index (χ4n) is 4.82. The van der Waals surface area contributed by atoms with Gasteiger partial charge in [-0.05, 0) is 70.5 Å². The number of nitrogens with zero attached hydrogens (tertiary/aromatic N) is 2. The molecule has 0 amide bonds. The van der Waals surface area contributed by atoms with E-state index in [1.807, 2.05) is 31.2 Å². The summed E-state index contributed by atoms with van der Waals surface area (Å²) >= 11 is 0. The van der Waals surface area contributed by atoms with Crippen molar-refractivity contribution in [3.8, 4) is 11.1 Å². The minimum atomic E-state index is -0.315. The van der Waals surface area contributed by atoms with Gasteiger partial charge in [-0.2, -0.15) is 0 Å². The zero-order chi connectivity index (χ0) is 24.9. The Balaban J connectivity index is 2.06. The van der Waals surface area contributed by atoms with Crippen LogP contribution in [-0.4, -0.2) is 38.8 Å². The third kappa shape index (κ3) is 4.68. The van der Waals surface area contributed by atoms with Gasteiger partial charge in [0, 0.05) is 43.1 Å². The van der Waals surface area contributed by atoms with Crippen LogP contribution >= 0.6 is 0 Å². The van der Waals surface area contributed by atoms with Gasteiger partial charge < -0.3 is 14.5 Å². The van der Waals surface area contributed by atoms with Crippen molar-refractivity contribution in [1.82, 2.24) is 0 Å². The quantitative estimate of drug-likeness (QED) is 0.144. The Kier molecular flexibility index (Phi) is 7.54. The molecule has 35 heavy (non-hydrogen) atoms. The van der Waals surface area contributed by atoms with Crippen molar-refractivity contribution in [3.05, 3.63) is 66.2 Å². The molecule has 0 radical (unpaired) electrons. The van der Waals surface area contributed by atoms with E-state index in [0.29, 0.717) is 12.2 Å². The first-order valence-electron chi connectivity index (χ1n) is 12.7. The van der Waals surface area contributed by atoms with Crippen LogP contribution in [-0.2, 0) is 4.74 Å². The summed E-state index contributed by atoms with van der Waals surface area (Å²) in [5.74, 6) is -0.315. The minimum absolute atomic E-state index is 0.315. The Morgan fingerprint density at radius 1 is 0.743 bits per heavy atom. The molecule has 0 aliphatic carbocycles. The summed E-state index contributed by atoms with van der Waals surface area (Å²) in [5, 5.41) is 1.95. The Bertz CT molecular complexity index is 1270. The highest BCUT2D eigenvalue weighted by Crippen LogP contribution is 2.40. The summed E-state index contributed by atoms with van der Waals surface area (Å²) in [7, 11) is 0. The fraction of sp³-hybridized carbons (Fsp3) is 0.333. The molecule has 1 aromatic heterocycles. The number of esters is 1. The number of carbonyl (C=O) groups excluding carboxylic acids is 1. The number of anilines is 2. The van der Waals surface area contributed by atoms with E-state index in [2.05, 4.69) is 73.9 Å². The highest BCUT2D eigenvalue weighted by molar-refractivity contribution is 6.12. The molecular weight excluding hydrogens is 436 g/mol. The standard InChI is InChI=1S/C30H35N2O3/c1-6-31(7-2)21-15-17-25-27(19-21)35-28-20-22(32(8-3)9-4)16-18-26(28)29(25)23-13-11-12-14-24(23)30(33)34-10-5/h11-20H,6-10H2,1-5H3/q+1. The topological polar surface area (TPSA) is 44.1 Å². The van der Waals surface area contributed by atoms with Gasteiger partial charge in [0.15, 0.2) is 0 Å². The van der Waals surface area contributed by atoms with Crippen molar-refractivity contribution in [2.24, 2.45) is 0 Å². The molecule has 0 saturated heterocycles. The molecule has 0 spiro atoms. The smallest absolute Gasteiger partial charge is 0.363 e. The molecule has 0 saturated carbocycles. The van der Waals surface area contributed by atoms with Crippen molar-refractivity contribution in [2.75, 3.05) is 42.6 Å². The lowest BCUT2D eigenvalue weighted by Crippen LogP contribution is -2.21. The number of benzene rings is 3. The molecule has 0 fully saturated rings. The zero-order valence-electron chi connectivity index (χ0n) is 21.4. The molecule has 4 aromatic rings. The van der Waals surface area contributed by atoms with Gasteiger partial charge in [-0.25, -0.2) is 9.21 Å². The minimum Gasteiger partial charge on any atom is -0.462 e. The van der Waals surface area contributed by atoms with E-state index in [1.165, 1.54) is 0 Å². The summed E-state index contributed by atoms with van der Waals surface area (Å²) in [5.41, 5.74) is 6.23. The number of hydrogen-bond donors (Lipinski definition) is 0. The van der Waals surface area contributed by atoms with E-state index in [-0.39, 0.29) is 5.97 Å². The van der Waals surface area contributed by atoms with Gasteiger partial charge in [0.05, 0.1) is 35.1 Å². The van der Waals surface area contributed by atoms with E-state index in [1.54, 1.807) is 0 Å². The summed E-state index contributed by atoms with van der Waals surface area (Å²) in [6.45, 7) is 14.5. The van der Waals surface area contributed by atoms with Crippen molar-refractivity contribution >= 4 is 39.3 Å². The van der Waals surface area contributed by atoms with Crippen LogP contribution in [0, 0.1) is 0 Å². The van der Waals surface area contributed by atoms with Crippen molar-refractivity contribution in [3.63, 3.8) is 0 Å². The average molecular weight is 472 g/mol. The van der Waals surface area contributed by atoms with Crippen molar-refractivity contribution < 1.29 is 13.9 Å². The molecule has 0 N–H and O–H groups in total. The molecule has 0 unspecified atom stereocenters. The van der Waals surface area contributed by atoms with Crippen LogP contribution in [0.15, 0.2) is 65.1 Å². The SMILES string of the molecule is CCOC(=O)c1ccccc1-c1c2ccc(N(CC)CC)cc2[o+]c2cc(N(CC)CC)ccc12. The molecule has 0 aliphatic rings. The summed E-state index contributed by atoms with van der Waals surface area (Å²) < 4.78 is 11.9. The first-order chi connectivity index (χ1) is 17.1. The van der Waals surface area contributed by atoms with E-state index >= 15 is 0 Å². The number of ether oxygens (including phenoxy) is 1. The lowest BCUT2D eigenvalue weighted by atomic mass is 9.93. The largest absolute Gasteiger partial charge is 0.462 e.